The number of thiazole rings is 1. The van der Waals surface area contributed by atoms with Crippen LogP contribution in [0.4, 0.5) is 11.5 Å². The minimum atomic E-state index is -0.306. The van der Waals surface area contributed by atoms with Gasteiger partial charge in [0.15, 0.2) is 5.82 Å². The van der Waals surface area contributed by atoms with Crippen LogP contribution in [0.3, 0.4) is 0 Å². The summed E-state index contributed by atoms with van der Waals surface area (Å²) < 4.78 is 0. The molecule has 0 spiro atoms. The Morgan fingerprint density at radius 3 is 2.59 bits per heavy atom. The van der Waals surface area contributed by atoms with Crippen molar-refractivity contribution in [2.45, 2.75) is 6.04 Å². The summed E-state index contributed by atoms with van der Waals surface area (Å²) in [5, 5.41) is 16.8. The summed E-state index contributed by atoms with van der Waals surface area (Å²) in [6, 6.07) is 16.9. The topological polar surface area (TPSA) is 103 Å². The van der Waals surface area contributed by atoms with Crippen LogP contribution in [0.15, 0.2) is 73.1 Å². The Kier molecular flexibility index (Phi) is 7.58. The molecule has 0 aliphatic heterocycles. The summed E-state index contributed by atoms with van der Waals surface area (Å²) in [5.41, 5.74) is 3.23. The molecule has 2 aromatic carbocycles. The maximum Gasteiger partial charge on any atom is 0.248 e. The molecule has 174 valence electrons. The van der Waals surface area contributed by atoms with E-state index in [1.165, 1.54) is 23.7 Å². The molecule has 2 aromatic heterocycles. The van der Waals surface area contributed by atoms with Crippen molar-refractivity contribution < 1.29 is 9.90 Å². The molecule has 0 saturated carbocycles. The molecule has 4 aromatic rings. The first-order valence-corrected chi connectivity index (χ1v) is 11.6. The third kappa shape index (κ3) is 5.82. The minimum absolute atomic E-state index is 0.0793. The molecule has 34 heavy (non-hydrogen) atoms. The van der Waals surface area contributed by atoms with E-state index in [-0.39, 0.29) is 18.6 Å². The van der Waals surface area contributed by atoms with E-state index in [0.717, 1.165) is 21.0 Å². The van der Waals surface area contributed by atoms with Gasteiger partial charge < -0.3 is 20.6 Å². The van der Waals surface area contributed by atoms with Crippen molar-refractivity contribution in [3.63, 3.8) is 0 Å². The molecule has 0 radical (unpaired) electrons. The Bertz CT molecular complexity index is 1270. The normalized spacial score (nSPS) is 12.4. The van der Waals surface area contributed by atoms with Crippen molar-refractivity contribution in [3.05, 3.63) is 78.6 Å². The summed E-state index contributed by atoms with van der Waals surface area (Å²) in [7, 11) is 3.89. The molecule has 3 N–H and O–H groups in total. The van der Waals surface area contributed by atoms with Crippen LogP contribution in [0.25, 0.3) is 20.9 Å². The number of amides is 1. The third-order valence-electron chi connectivity index (χ3n) is 5.03. The fourth-order valence-electron chi connectivity index (χ4n) is 3.32. The predicted molar refractivity (Wildman–Crippen MR) is 137 cm³/mol. The van der Waals surface area contributed by atoms with E-state index in [1.807, 2.05) is 79.7 Å². The molecule has 0 aliphatic carbocycles. The monoisotopic (exact) mass is 474 g/mol. The van der Waals surface area contributed by atoms with E-state index in [0.29, 0.717) is 23.6 Å². The van der Waals surface area contributed by atoms with Gasteiger partial charge in [0, 0.05) is 23.9 Å². The number of hydrogen-bond acceptors (Lipinski definition) is 8. The van der Waals surface area contributed by atoms with Crippen LogP contribution in [0, 0.1) is 0 Å². The predicted octanol–water partition coefficient (Wildman–Crippen LogP) is 3.96. The molecule has 9 heteroatoms. The van der Waals surface area contributed by atoms with E-state index < -0.39 is 0 Å². The molecule has 1 amide bonds. The fourth-order valence-corrected chi connectivity index (χ4v) is 4.23. The summed E-state index contributed by atoms with van der Waals surface area (Å²) >= 11 is 1.46. The molecule has 0 fully saturated rings. The van der Waals surface area contributed by atoms with E-state index in [2.05, 4.69) is 20.6 Å². The largest absolute Gasteiger partial charge is 0.394 e. The smallest absolute Gasteiger partial charge is 0.248 e. The second-order valence-electron chi connectivity index (χ2n) is 7.92. The molecule has 1 atom stereocenters. The van der Waals surface area contributed by atoms with Gasteiger partial charge in [-0.15, -0.1) is 0 Å². The van der Waals surface area contributed by atoms with Gasteiger partial charge in [-0.05, 0) is 43.9 Å². The lowest BCUT2D eigenvalue weighted by Crippen LogP contribution is -2.15. The van der Waals surface area contributed by atoms with Crippen molar-refractivity contribution in [2.75, 3.05) is 37.9 Å². The Labute approximate surface area is 202 Å². The van der Waals surface area contributed by atoms with Crippen molar-refractivity contribution in [1.82, 2.24) is 19.9 Å². The average molecular weight is 475 g/mol. The highest BCUT2D eigenvalue weighted by Crippen LogP contribution is 2.33. The van der Waals surface area contributed by atoms with Crippen LogP contribution in [0.1, 0.15) is 11.6 Å². The van der Waals surface area contributed by atoms with Crippen LogP contribution in [0.2, 0.25) is 0 Å². The number of carbonyl (C=O) groups excluding carboxylic acids is 1. The number of benzene rings is 2. The highest BCUT2D eigenvalue weighted by molar-refractivity contribution is 7.21. The lowest BCUT2D eigenvalue weighted by Gasteiger charge is -2.17. The number of likely N-dealkylation sites (N-methyl/N-ethyl adjacent to an activating group) is 1. The number of hydrogen-bond donors (Lipinski definition) is 3. The maximum atomic E-state index is 12.1. The van der Waals surface area contributed by atoms with Crippen molar-refractivity contribution in [2.24, 2.45) is 0 Å². The zero-order valence-electron chi connectivity index (χ0n) is 19.0. The van der Waals surface area contributed by atoms with E-state index in [9.17, 15) is 9.90 Å². The number of aromatic nitrogens is 3. The van der Waals surface area contributed by atoms with Gasteiger partial charge in [0.25, 0.3) is 0 Å². The number of aliphatic hydroxyl groups excluding tert-OH is 1. The highest BCUT2D eigenvalue weighted by atomic mass is 32.1. The molecule has 4 rings (SSSR count). The Morgan fingerprint density at radius 2 is 1.88 bits per heavy atom. The van der Waals surface area contributed by atoms with Crippen LogP contribution >= 0.6 is 11.3 Å². The molecule has 8 nitrogen and oxygen atoms in total. The second kappa shape index (κ2) is 11.0. The van der Waals surface area contributed by atoms with E-state index in [1.54, 1.807) is 0 Å². The van der Waals surface area contributed by atoms with E-state index in [4.69, 9.17) is 4.98 Å². The maximum absolute atomic E-state index is 12.1. The van der Waals surface area contributed by atoms with Crippen LogP contribution in [-0.4, -0.2) is 58.1 Å². The SMILES string of the molecule is CN(C)C/C=C/C(=O)Nc1ccc(-c2nc3c(N[C@H](CO)c4ccccc4)ncnc3s2)cc1. The number of anilines is 2. The van der Waals surface area contributed by atoms with Gasteiger partial charge in [-0.2, -0.15) is 0 Å². The molecule has 2 heterocycles. The summed E-state index contributed by atoms with van der Waals surface area (Å²) in [4.78, 5) is 28.3. The Morgan fingerprint density at radius 1 is 1.12 bits per heavy atom. The van der Waals surface area contributed by atoms with Crippen LogP contribution in [-0.2, 0) is 4.79 Å². The first-order valence-electron chi connectivity index (χ1n) is 10.8. The molecule has 0 saturated heterocycles. The fraction of sp³-hybridized carbons (Fsp3) is 0.200. The summed E-state index contributed by atoms with van der Waals surface area (Å²) in [6.07, 6.45) is 4.84. The standard InChI is InChI=1S/C25H26N6O2S/c1-31(2)14-6-9-21(33)28-19-12-10-18(11-13-19)24-30-22-23(26-16-27-25(22)34-24)29-20(15-32)17-7-4-3-5-8-17/h3-13,16,20,32H,14-15H2,1-2H3,(H,28,33)(H,26,27,29)/b9-6+/t20-/m1/s1. The van der Waals surface area contributed by atoms with Crippen LogP contribution < -0.4 is 10.6 Å². The zero-order chi connectivity index (χ0) is 23.9. The minimum Gasteiger partial charge on any atom is -0.394 e. The van der Waals surface area contributed by atoms with E-state index >= 15 is 0 Å². The first kappa shape index (κ1) is 23.5. The second-order valence-corrected chi connectivity index (χ2v) is 8.89. The van der Waals surface area contributed by atoms with Crippen LogP contribution in [0.5, 0.6) is 0 Å². The van der Waals surface area contributed by atoms with Gasteiger partial charge in [0.1, 0.15) is 21.7 Å². The Balaban J connectivity index is 1.51. The number of fused-ring (bicyclic) bond motifs is 1. The third-order valence-corrected chi connectivity index (χ3v) is 6.04. The summed E-state index contributed by atoms with van der Waals surface area (Å²) in [6.45, 7) is 0.623. The van der Waals surface area contributed by atoms with Crippen molar-refractivity contribution in [1.29, 1.82) is 0 Å². The lowest BCUT2D eigenvalue weighted by molar-refractivity contribution is -0.111. The highest BCUT2D eigenvalue weighted by Gasteiger charge is 2.16. The van der Waals surface area contributed by atoms with Gasteiger partial charge >= 0.3 is 0 Å². The number of aliphatic hydroxyl groups is 1. The molecular formula is C25H26N6O2S. The number of nitrogens with zero attached hydrogens (tertiary/aromatic N) is 4. The average Bonchev–Trinajstić information content (AvgIpc) is 3.28. The number of carbonyl (C=O) groups is 1. The number of rotatable bonds is 9. The van der Waals surface area contributed by atoms with Crippen molar-refractivity contribution >= 4 is 39.1 Å². The molecular weight excluding hydrogens is 448 g/mol. The van der Waals surface area contributed by atoms with Crippen molar-refractivity contribution in [3.8, 4) is 10.6 Å². The van der Waals surface area contributed by atoms with Gasteiger partial charge in [0.05, 0.1) is 12.6 Å². The quantitative estimate of drug-likeness (QED) is 0.316. The lowest BCUT2D eigenvalue weighted by atomic mass is 10.1. The van der Waals surface area contributed by atoms with Gasteiger partial charge in [-0.25, -0.2) is 15.0 Å². The molecule has 0 bridgehead atoms. The van der Waals surface area contributed by atoms with Gasteiger partial charge in [-0.1, -0.05) is 47.7 Å². The molecule has 0 unspecified atom stereocenters. The molecule has 0 aliphatic rings. The van der Waals surface area contributed by atoms with Gasteiger partial charge in [0.2, 0.25) is 5.91 Å². The zero-order valence-corrected chi connectivity index (χ0v) is 19.8. The summed E-state index contributed by atoms with van der Waals surface area (Å²) in [5.74, 6) is 0.404. The van der Waals surface area contributed by atoms with Gasteiger partial charge in [-0.3, -0.25) is 4.79 Å². The number of nitrogens with one attached hydrogen (secondary N) is 2. The first-order chi connectivity index (χ1) is 16.5. The Hall–Kier alpha value is -3.66.